The van der Waals surface area contributed by atoms with Crippen LogP contribution in [-0.2, 0) is 4.74 Å². The lowest BCUT2D eigenvalue weighted by molar-refractivity contribution is 0.0132. The molecule has 0 spiro atoms. The van der Waals surface area contributed by atoms with Crippen molar-refractivity contribution in [1.29, 1.82) is 0 Å². The molecule has 0 heterocycles. The van der Waals surface area contributed by atoms with Gasteiger partial charge in [0, 0.05) is 0 Å². The van der Waals surface area contributed by atoms with Gasteiger partial charge in [-0.25, -0.2) is 0 Å². The molecule has 1 nitrogen and oxygen atoms in total. The summed E-state index contributed by atoms with van der Waals surface area (Å²) in [5, 5.41) is 0. The van der Waals surface area contributed by atoms with Crippen LogP contribution in [0.15, 0.2) is 0 Å². The standard InChI is InChI=1S/C14H24O/c1-2-12-8-9-13(10-12)11-15-14-6-4-3-5-7-14/h9,12-14H,1-8,10-11H2. The lowest BCUT2D eigenvalue weighted by atomic mass is 9.97. The third-order valence-corrected chi connectivity index (χ3v) is 3.95. The van der Waals surface area contributed by atoms with Gasteiger partial charge in [-0.05, 0) is 43.9 Å². The number of rotatable bonds is 4. The quantitative estimate of drug-likeness (QED) is 0.683. The van der Waals surface area contributed by atoms with Crippen molar-refractivity contribution >= 4 is 0 Å². The SMILES string of the molecule is [CH2]CC1C[CH]C(COC2CCCCC2)C1. The molecule has 2 unspecified atom stereocenters. The Bertz CT molecular complexity index is 172. The van der Waals surface area contributed by atoms with Gasteiger partial charge >= 0.3 is 0 Å². The molecule has 86 valence electrons. The Labute approximate surface area is 94.6 Å². The van der Waals surface area contributed by atoms with E-state index in [1.807, 2.05) is 0 Å². The van der Waals surface area contributed by atoms with E-state index in [9.17, 15) is 0 Å². The van der Waals surface area contributed by atoms with Crippen LogP contribution < -0.4 is 0 Å². The number of ether oxygens (including phenoxy) is 1. The van der Waals surface area contributed by atoms with E-state index in [1.165, 1.54) is 44.9 Å². The Kier molecular flexibility index (Phi) is 4.49. The summed E-state index contributed by atoms with van der Waals surface area (Å²) in [6.07, 6.45) is 13.5. The van der Waals surface area contributed by atoms with Crippen LogP contribution in [-0.4, -0.2) is 12.7 Å². The molecule has 0 amide bonds. The number of hydrogen-bond donors (Lipinski definition) is 0. The van der Waals surface area contributed by atoms with E-state index < -0.39 is 0 Å². The average Bonchev–Trinajstić information content (AvgIpc) is 2.76. The maximum absolute atomic E-state index is 6.01. The second kappa shape index (κ2) is 5.89. The largest absolute Gasteiger partial charge is 0.378 e. The van der Waals surface area contributed by atoms with Crippen molar-refractivity contribution < 1.29 is 4.74 Å². The fourth-order valence-electron chi connectivity index (χ4n) is 2.87. The van der Waals surface area contributed by atoms with Gasteiger partial charge in [0.05, 0.1) is 12.7 Å². The van der Waals surface area contributed by atoms with Crippen molar-refractivity contribution in [2.75, 3.05) is 6.61 Å². The molecule has 0 aromatic heterocycles. The summed E-state index contributed by atoms with van der Waals surface area (Å²) < 4.78 is 6.01. The summed E-state index contributed by atoms with van der Waals surface area (Å²) in [7, 11) is 0. The van der Waals surface area contributed by atoms with Gasteiger partial charge in [-0.2, -0.15) is 0 Å². The van der Waals surface area contributed by atoms with E-state index in [-0.39, 0.29) is 0 Å². The van der Waals surface area contributed by atoms with Gasteiger partial charge in [0.25, 0.3) is 0 Å². The van der Waals surface area contributed by atoms with Crippen LogP contribution in [0.1, 0.15) is 51.4 Å². The fourth-order valence-corrected chi connectivity index (χ4v) is 2.87. The highest BCUT2D eigenvalue weighted by Crippen LogP contribution is 2.32. The fraction of sp³-hybridized carbons (Fsp3) is 0.857. The van der Waals surface area contributed by atoms with Crippen LogP contribution in [0.4, 0.5) is 0 Å². The van der Waals surface area contributed by atoms with Crippen molar-refractivity contribution in [1.82, 2.24) is 0 Å². The zero-order chi connectivity index (χ0) is 10.5. The summed E-state index contributed by atoms with van der Waals surface area (Å²) in [5.41, 5.74) is 0. The first-order valence-corrected chi connectivity index (χ1v) is 6.62. The lowest BCUT2D eigenvalue weighted by Gasteiger charge is -2.23. The molecule has 0 bridgehead atoms. The van der Waals surface area contributed by atoms with Gasteiger partial charge in [-0.1, -0.05) is 32.6 Å². The molecule has 2 rings (SSSR count). The Morgan fingerprint density at radius 3 is 2.67 bits per heavy atom. The number of hydrogen-bond acceptors (Lipinski definition) is 1. The lowest BCUT2D eigenvalue weighted by Crippen LogP contribution is -2.20. The van der Waals surface area contributed by atoms with Crippen LogP contribution in [0, 0.1) is 25.2 Å². The van der Waals surface area contributed by atoms with Crippen molar-refractivity contribution in [3.05, 3.63) is 13.3 Å². The topological polar surface area (TPSA) is 9.23 Å². The van der Waals surface area contributed by atoms with Gasteiger partial charge < -0.3 is 4.74 Å². The predicted molar refractivity (Wildman–Crippen MR) is 63.3 cm³/mol. The molecule has 0 saturated heterocycles. The van der Waals surface area contributed by atoms with Crippen LogP contribution in [0.25, 0.3) is 0 Å². The van der Waals surface area contributed by atoms with E-state index in [0.29, 0.717) is 6.10 Å². The highest BCUT2D eigenvalue weighted by molar-refractivity contribution is 4.89. The minimum Gasteiger partial charge on any atom is -0.378 e. The van der Waals surface area contributed by atoms with Gasteiger partial charge in [0.15, 0.2) is 0 Å². The maximum atomic E-state index is 6.01. The van der Waals surface area contributed by atoms with Crippen LogP contribution >= 0.6 is 0 Å². The van der Waals surface area contributed by atoms with E-state index in [4.69, 9.17) is 4.74 Å². The van der Waals surface area contributed by atoms with E-state index >= 15 is 0 Å². The summed E-state index contributed by atoms with van der Waals surface area (Å²) >= 11 is 0. The van der Waals surface area contributed by atoms with Gasteiger partial charge in [0.1, 0.15) is 0 Å². The van der Waals surface area contributed by atoms with Gasteiger partial charge in [-0.3, -0.25) is 0 Å². The van der Waals surface area contributed by atoms with E-state index in [0.717, 1.165) is 24.9 Å². The Morgan fingerprint density at radius 1 is 1.20 bits per heavy atom. The molecule has 0 aliphatic heterocycles. The highest BCUT2D eigenvalue weighted by Gasteiger charge is 2.25. The molecule has 0 N–H and O–H groups in total. The Morgan fingerprint density at radius 2 is 2.00 bits per heavy atom. The normalized spacial score (nSPS) is 33.4. The molecule has 1 heteroatoms. The Balaban J connectivity index is 1.61. The monoisotopic (exact) mass is 208 g/mol. The molecule has 2 atom stereocenters. The predicted octanol–water partition coefficient (Wildman–Crippen LogP) is 3.79. The second-order valence-corrected chi connectivity index (χ2v) is 5.22. The first-order chi connectivity index (χ1) is 7.38. The first-order valence-electron chi connectivity index (χ1n) is 6.62. The van der Waals surface area contributed by atoms with E-state index in [2.05, 4.69) is 13.3 Å². The highest BCUT2D eigenvalue weighted by atomic mass is 16.5. The molecule has 2 radical (unpaired) electrons. The van der Waals surface area contributed by atoms with Crippen LogP contribution in [0.2, 0.25) is 0 Å². The van der Waals surface area contributed by atoms with Gasteiger partial charge in [-0.15, -0.1) is 0 Å². The Hall–Kier alpha value is -0.0400. The average molecular weight is 208 g/mol. The van der Waals surface area contributed by atoms with Crippen LogP contribution in [0.5, 0.6) is 0 Å². The third kappa shape index (κ3) is 3.48. The van der Waals surface area contributed by atoms with Crippen molar-refractivity contribution in [3.63, 3.8) is 0 Å². The summed E-state index contributed by atoms with van der Waals surface area (Å²) in [6, 6.07) is 0. The second-order valence-electron chi connectivity index (χ2n) is 5.22. The zero-order valence-electron chi connectivity index (χ0n) is 9.79. The summed E-state index contributed by atoms with van der Waals surface area (Å²) in [6.45, 7) is 4.96. The molecule has 2 aliphatic carbocycles. The maximum Gasteiger partial charge on any atom is 0.0575 e. The molecule has 0 aromatic rings. The molecule has 0 aromatic carbocycles. The van der Waals surface area contributed by atoms with E-state index in [1.54, 1.807) is 0 Å². The molecular weight excluding hydrogens is 184 g/mol. The molecule has 2 aliphatic rings. The van der Waals surface area contributed by atoms with Crippen molar-refractivity contribution in [3.8, 4) is 0 Å². The minimum absolute atomic E-state index is 0.575. The van der Waals surface area contributed by atoms with Crippen molar-refractivity contribution in [2.45, 2.75) is 57.5 Å². The summed E-state index contributed by atoms with van der Waals surface area (Å²) in [5.74, 6) is 1.56. The van der Waals surface area contributed by atoms with Gasteiger partial charge in [0.2, 0.25) is 0 Å². The molecular formula is C14H24O. The van der Waals surface area contributed by atoms with Crippen molar-refractivity contribution in [2.24, 2.45) is 11.8 Å². The smallest absolute Gasteiger partial charge is 0.0575 e. The minimum atomic E-state index is 0.575. The third-order valence-electron chi connectivity index (χ3n) is 3.95. The zero-order valence-corrected chi connectivity index (χ0v) is 9.79. The molecule has 2 saturated carbocycles. The summed E-state index contributed by atoms with van der Waals surface area (Å²) in [4.78, 5) is 0. The molecule has 15 heavy (non-hydrogen) atoms. The first kappa shape index (κ1) is 11.4. The van der Waals surface area contributed by atoms with Crippen LogP contribution in [0.3, 0.4) is 0 Å². The molecule has 2 fully saturated rings.